The van der Waals surface area contributed by atoms with Crippen molar-refractivity contribution in [3.8, 4) is 0 Å². The molecule has 2 amide bonds. The first-order valence-corrected chi connectivity index (χ1v) is 6.74. The Labute approximate surface area is 128 Å². The molecule has 0 aliphatic rings. The number of rotatable bonds is 3. The highest BCUT2D eigenvalue weighted by atomic mass is 35.5. The van der Waals surface area contributed by atoms with Crippen molar-refractivity contribution in [1.29, 1.82) is 0 Å². The van der Waals surface area contributed by atoms with Gasteiger partial charge in [0.1, 0.15) is 0 Å². The third-order valence-electron chi connectivity index (χ3n) is 2.88. The second-order valence-electron chi connectivity index (χ2n) is 4.74. The Balaban J connectivity index is 2.10. The molecule has 108 valence electrons. The summed E-state index contributed by atoms with van der Waals surface area (Å²) < 4.78 is 0. The van der Waals surface area contributed by atoms with Crippen LogP contribution in [0.3, 0.4) is 0 Å². The van der Waals surface area contributed by atoms with Gasteiger partial charge in [0.2, 0.25) is 0 Å². The zero-order chi connectivity index (χ0) is 15.4. The minimum Gasteiger partial charge on any atom is -0.345 e. The smallest absolute Gasteiger partial charge is 0.255 e. The van der Waals surface area contributed by atoms with Crippen molar-refractivity contribution in [1.82, 2.24) is 4.90 Å². The molecular formula is C16H15ClN2O2. The molecule has 21 heavy (non-hydrogen) atoms. The maximum absolute atomic E-state index is 12.0. The van der Waals surface area contributed by atoms with E-state index in [9.17, 15) is 9.59 Å². The molecule has 0 heterocycles. The summed E-state index contributed by atoms with van der Waals surface area (Å²) in [5.41, 5.74) is 1.67. The van der Waals surface area contributed by atoms with Crippen LogP contribution in [0.5, 0.6) is 0 Å². The highest BCUT2D eigenvalue weighted by molar-refractivity contribution is 6.31. The van der Waals surface area contributed by atoms with Crippen molar-refractivity contribution in [2.45, 2.75) is 0 Å². The van der Waals surface area contributed by atoms with Crippen molar-refractivity contribution in [3.05, 3.63) is 64.7 Å². The number of amides is 2. The molecule has 1 N–H and O–H groups in total. The summed E-state index contributed by atoms with van der Waals surface area (Å²) in [6.45, 7) is 0. The van der Waals surface area contributed by atoms with E-state index in [2.05, 4.69) is 5.32 Å². The van der Waals surface area contributed by atoms with Crippen LogP contribution in [0.2, 0.25) is 5.02 Å². The van der Waals surface area contributed by atoms with E-state index in [1.54, 1.807) is 62.6 Å². The number of anilines is 1. The molecule has 0 radical (unpaired) electrons. The van der Waals surface area contributed by atoms with Crippen LogP contribution < -0.4 is 5.32 Å². The fourth-order valence-electron chi connectivity index (χ4n) is 1.79. The van der Waals surface area contributed by atoms with Crippen LogP contribution in [0.25, 0.3) is 0 Å². The van der Waals surface area contributed by atoms with Crippen molar-refractivity contribution < 1.29 is 9.59 Å². The van der Waals surface area contributed by atoms with E-state index in [-0.39, 0.29) is 11.8 Å². The maximum atomic E-state index is 12.0. The first-order valence-electron chi connectivity index (χ1n) is 6.36. The Kier molecular flexibility index (Phi) is 4.60. The quantitative estimate of drug-likeness (QED) is 0.946. The van der Waals surface area contributed by atoms with Gasteiger partial charge in [-0.1, -0.05) is 17.7 Å². The molecule has 0 aliphatic heterocycles. The molecule has 4 nitrogen and oxygen atoms in total. The predicted octanol–water partition coefficient (Wildman–Crippen LogP) is 3.29. The number of hydrogen-bond acceptors (Lipinski definition) is 2. The fourth-order valence-corrected chi connectivity index (χ4v) is 1.98. The lowest BCUT2D eigenvalue weighted by Gasteiger charge is -2.11. The van der Waals surface area contributed by atoms with E-state index >= 15 is 0 Å². The largest absolute Gasteiger partial charge is 0.345 e. The maximum Gasteiger partial charge on any atom is 0.255 e. The molecule has 0 aromatic heterocycles. The van der Waals surface area contributed by atoms with Crippen LogP contribution in [0, 0.1) is 0 Å². The molecular weight excluding hydrogens is 288 g/mol. The molecule has 0 atom stereocenters. The molecule has 0 fully saturated rings. The molecule has 0 saturated heterocycles. The van der Waals surface area contributed by atoms with E-state index in [4.69, 9.17) is 11.6 Å². The molecule has 0 bridgehead atoms. The van der Waals surface area contributed by atoms with E-state index in [0.717, 1.165) is 0 Å². The SMILES string of the molecule is CN(C)C(=O)c1ccc(NC(=O)c2cccc(Cl)c2)cc1. The zero-order valence-electron chi connectivity index (χ0n) is 11.8. The lowest BCUT2D eigenvalue weighted by Crippen LogP contribution is -2.21. The van der Waals surface area contributed by atoms with E-state index in [1.807, 2.05) is 0 Å². The lowest BCUT2D eigenvalue weighted by molar-refractivity contribution is 0.0827. The summed E-state index contributed by atoms with van der Waals surface area (Å²) in [4.78, 5) is 25.3. The highest BCUT2D eigenvalue weighted by Gasteiger charge is 2.09. The fraction of sp³-hybridized carbons (Fsp3) is 0.125. The highest BCUT2D eigenvalue weighted by Crippen LogP contribution is 2.15. The van der Waals surface area contributed by atoms with Crippen molar-refractivity contribution in [3.63, 3.8) is 0 Å². The van der Waals surface area contributed by atoms with Gasteiger partial charge in [-0.3, -0.25) is 9.59 Å². The van der Waals surface area contributed by atoms with Crippen molar-refractivity contribution >= 4 is 29.1 Å². The summed E-state index contributed by atoms with van der Waals surface area (Å²) in [6, 6.07) is 13.5. The number of hydrogen-bond donors (Lipinski definition) is 1. The van der Waals surface area contributed by atoms with Crippen LogP contribution >= 0.6 is 11.6 Å². The Morgan fingerprint density at radius 3 is 2.24 bits per heavy atom. The third kappa shape index (κ3) is 3.83. The summed E-state index contributed by atoms with van der Waals surface area (Å²) in [6.07, 6.45) is 0. The molecule has 0 saturated carbocycles. The van der Waals surface area contributed by atoms with Crippen LogP contribution in [-0.4, -0.2) is 30.8 Å². The number of benzene rings is 2. The number of carbonyl (C=O) groups is 2. The molecule has 2 aromatic carbocycles. The third-order valence-corrected chi connectivity index (χ3v) is 3.12. The monoisotopic (exact) mass is 302 g/mol. The first-order chi connectivity index (χ1) is 9.97. The molecule has 0 aliphatic carbocycles. The summed E-state index contributed by atoms with van der Waals surface area (Å²) in [5.74, 6) is -0.327. The first kappa shape index (κ1) is 15.1. The van der Waals surface area contributed by atoms with Gasteiger partial charge in [0.05, 0.1) is 0 Å². The number of nitrogens with one attached hydrogen (secondary N) is 1. The van der Waals surface area contributed by atoms with Gasteiger partial charge in [0, 0.05) is 35.9 Å². The van der Waals surface area contributed by atoms with E-state index in [0.29, 0.717) is 21.8 Å². The van der Waals surface area contributed by atoms with E-state index in [1.165, 1.54) is 4.90 Å². The van der Waals surface area contributed by atoms with Gasteiger partial charge in [-0.05, 0) is 42.5 Å². The van der Waals surface area contributed by atoms with Crippen LogP contribution in [0.1, 0.15) is 20.7 Å². The average Bonchev–Trinajstić information content (AvgIpc) is 2.47. The average molecular weight is 303 g/mol. The number of carbonyl (C=O) groups excluding carboxylic acids is 2. The minimum atomic E-state index is -0.246. The van der Waals surface area contributed by atoms with Crippen LogP contribution in [-0.2, 0) is 0 Å². The standard InChI is InChI=1S/C16H15ClN2O2/c1-19(2)16(21)11-6-8-14(9-7-11)18-15(20)12-4-3-5-13(17)10-12/h3-10H,1-2H3,(H,18,20). The van der Waals surface area contributed by atoms with Gasteiger partial charge in [-0.15, -0.1) is 0 Å². The number of halogens is 1. The summed E-state index contributed by atoms with van der Waals surface area (Å²) in [7, 11) is 3.38. The molecule has 0 unspecified atom stereocenters. The van der Waals surface area contributed by atoms with Crippen molar-refractivity contribution in [2.75, 3.05) is 19.4 Å². The topological polar surface area (TPSA) is 49.4 Å². The van der Waals surface area contributed by atoms with Gasteiger partial charge in [0.15, 0.2) is 0 Å². The zero-order valence-corrected chi connectivity index (χ0v) is 12.5. The second-order valence-corrected chi connectivity index (χ2v) is 5.18. The summed E-state index contributed by atoms with van der Waals surface area (Å²) in [5, 5.41) is 3.27. The van der Waals surface area contributed by atoms with Gasteiger partial charge < -0.3 is 10.2 Å². The van der Waals surface area contributed by atoms with Gasteiger partial charge in [-0.25, -0.2) is 0 Å². The molecule has 2 rings (SSSR count). The number of nitrogens with zero attached hydrogens (tertiary/aromatic N) is 1. The Hall–Kier alpha value is -2.33. The Morgan fingerprint density at radius 2 is 1.67 bits per heavy atom. The van der Waals surface area contributed by atoms with Gasteiger partial charge in [-0.2, -0.15) is 0 Å². The minimum absolute atomic E-state index is 0.0808. The summed E-state index contributed by atoms with van der Waals surface area (Å²) >= 11 is 5.86. The molecule has 0 spiro atoms. The van der Waals surface area contributed by atoms with Crippen molar-refractivity contribution in [2.24, 2.45) is 0 Å². The van der Waals surface area contributed by atoms with Crippen LogP contribution in [0.15, 0.2) is 48.5 Å². The van der Waals surface area contributed by atoms with E-state index < -0.39 is 0 Å². The van der Waals surface area contributed by atoms with Gasteiger partial charge >= 0.3 is 0 Å². The second kappa shape index (κ2) is 6.41. The normalized spacial score (nSPS) is 10.0. The van der Waals surface area contributed by atoms with Gasteiger partial charge in [0.25, 0.3) is 11.8 Å². The Bertz CT molecular complexity index is 666. The predicted molar refractivity (Wildman–Crippen MR) is 83.9 cm³/mol. The lowest BCUT2D eigenvalue weighted by atomic mass is 10.1. The van der Waals surface area contributed by atoms with Crippen LogP contribution in [0.4, 0.5) is 5.69 Å². The molecule has 5 heteroatoms. The molecule has 2 aromatic rings. The Morgan fingerprint density at radius 1 is 1.00 bits per heavy atom.